The van der Waals surface area contributed by atoms with Crippen LogP contribution in [0.2, 0.25) is 0 Å². The zero-order valence-corrected chi connectivity index (χ0v) is 11.2. The number of carbonyl (C=O) groups excluding carboxylic acids is 1. The van der Waals surface area contributed by atoms with E-state index < -0.39 is 16.8 Å². The van der Waals surface area contributed by atoms with E-state index in [-0.39, 0.29) is 18.1 Å². The first-order valence-electron chi connectivity index (χ1n) is 6.41. The van der Waals surface area contributed by atoms with Crippen molar-refractivity contribution in [3.63, 3.8) is 0 Å². The molecule has 0 aliphatic heterocycles. The lowest BCUT2D eigenvalue weighted by molar-refractivity contribution is -0.143. The van der Waals surface area contributed by atoms with Gasteiger partial charge in [0.15, 0.2) is 5.78 Å². The van der Waals surface area contributed by atoms with Gasteiger partial charge in [-0.2, -0.15) is 0 Å². The van der Waals surface area contributed by atoms with Crippen LogP contribution < -0.4 is 0 Å². The van der Waals surface area contributed by atoms with E-state index in [1.807, 2.05) is 39.0 Å². The van der Waals surface area contributed by atoms with Gasteiger partial charge in [-0.25, -0.2) is 0 Å². The van der Waals surface area contributed by atoms with Crippen molar-refractivity contribution in [3.8, 4) is 0 Å². The highest BCUT2D eigenvalue weighted by molar-refractivity contribution is 6.00. The lowest BCUT2D eigenvalue weighted by Gasteiger charge is -2.49. The number of allylic oxidation sites excluding steroid dienone is 4. The summed E-state index contributed by atoms with van der Waals surface area (Å²) in [5.74, 6) is -0.535. The first-order chi connectivity index (χ1) is 8.29. The van der Waals surface area contributed by atoms with Crippen molar-refractivity contribution < 1.29 is 14.7 Å². The second kappa shape index (κ2) is 4.08. The summed E-state index contributed by atoms with van der Waals surface area (Å²) in [5, 5.41) is 9.09. The fourth-order valence-corrected chi connectivity index (χ4v) is 3.69. The third kappa shape index (κ3) is 1.82. The average Bonchev–Trinajstić information content (AvgIpc) is 2.24. The van der Waals surface area contributed by atoms with E-state index in [0.717, 1.165) is 18.4 Å². The average molecular weight is 248 g/mol. The maximum absolute atomic E-state index is 12.4. The van der Waals surface area contributed by atoms with Crippen molar-refractivity contribution in [1.82, 2.24) is 0 Å². The topological polar surface area (TPSA) is 54.4 Å². The molecular formula is C15H20O3. The van der Waals surface area contributed by atoms with Gasteiger partial charge in [-0.3, -0.25) is 9.59 Å². The van der Waals surface area contributed by atoms with Gasteiger partial charge in [-0.15, -0.1) is 0 Å². The molecule has 0 bridgehead atoms. The number of aliphatic carboxylic acids is 1. The van der Waals surface area contributed by atoms with Gasteiger partial charge in [0.2, 0.25) is 0 Å². The highest BCUT2D eigenvalue weighted by Gasteiger charge is 2.52. The van der Waals surface area contributed by atoms with Gasteiger partial charge in [0.1, 0.15) is 0 Å². The number of carboxylic acid groups (broad SMARTS) is 1. The van der Waals surface area contributed by atoms with Gasteiger partial charge in [0.25, 0.3) is 0 Å². The van der Waals surface area contributed by atoms with Crippen molar-refractivity contribution >= 4 is 11.8 Å². The van der Waals surface area contributed by atoms with Gasteiger partial charge >= 0.3 is 5.97 Å². The summed E-state index contributed by atoms with van der Waals surface area (Å²) in [5.41, 5.74) is -0.0366. The molecule has 0 aromatic rings. The minimum absolute atomic E-state index is 0.0855. The molecule has 3 heteroatoms. The molecule has 0 spiro atoms. The Labute approximate surface area is 108 Å². The van der Waals surface area contributed by atoms with Crippen molar-refractivity contribution in [2.45, 2.75) is 40.0 Å². The van der Waals surface area contributed by atoms with Gasteiger partial charge in [-0.1, -0.05) is 32.1 Å². The van der Waals surface area contributed by atoms with Crippen LogP contribution in [0.1, 0.15) is 40.0 Å². The summed E-state index contributed by atoms with van der Waals surface area (Å²) in [4.78, 5) is 23.5. The molecule has 1 unspecified atom stereocenters. The van der Waals surface area contributed by atoms with E-state index in [9.17, 15) is 9.59 Å². The molecule has 1 N–H and O–H groups in total. The van der Waals surface area contributed by atoms with Crippen LogP contribution in [0.15, 0.2) is 23.8 Å². The fourth-order valence-electron chi connectivity index (χ4n) is 3.69. The predicted molar refractivity (Wildman–Crippen MR) is 69.1 cm³/mol. The monoisotopic (exact) mass is 248 g/mol. The van der Waals surface area contributed by atoms with Gasteiger partial charge in [-0.05, 0) is 36.7 Å². The number of carbonyl (C=O) groups is 2. The molecule has 3 atom stereocenters. The lowest BCUT2D eigenvalue weighted by atomic mass is 9.53. The second-order valence-corrected chi connectivity index (χ2v) is 6.10. The van der Waals surface area contributed by atoms with Crippen LogP contribution in [0.4, 0.5) is 0 Å². The standard InChI is InChI=1S/C15H20O3/c1-10-5-6-11-14(2,9-12(16)17)7-4-8-15(11,3)13(10)18/h4-5,7,11H,6,8-9H2,1-3H3,(H,16,17)/t11-,14?,15-/m0/s1. The zero-order chi connectivity index (χ0) is 13.6. The summed E-state index contributed by atoms with van der Waals surface area (Å²) < 4.78 is 0. The van der Waals surface area contributed by atoms with E-state index in [1.165, 1.54) is 0 Å². The highest BCUT2D eigenvalue weighted by Crippen LogP contribution is 2.54. The summed E-state index contributed by atoms with van der Waals surface area (Å²) in [6.45, 7) is 5.80. The molecule has 0 radical (unpaired) electrons. The normalized spacial score (nSPS) is 39.2. The molecule has 2 rings (SSSR count). The Morgan fingerprint density at radius 2 is 2.17 bits per heavy atom. The first kappa shape index (κ1) is 13.1. The summed E-state index contributed by atoms with van der Waals surface area (Å²) >= 11 is 0. The van der Waals surface area contributed by atoms with Gasteiger partial charge in [0, 0.05) is 5.41 Å². The van der Waals surface area contributed by atoms with Gasteiger partial charge < -0.3 is 5.11 Å². The van der Waals surface area contributed by atoms with E-state index in [0.29, 0.717) is 0 Å². The Morgan fingerprint density at radius 1 is 1.50 bits per heavy atom. The molecular weight excluding hydrogens is 228 g/mol. The Balaban J connectivity index is 2.44. The molecule has 0 amide bonds. The maximum Gasteiger partial charge on any atom is 0.304 e. The number of rotatable bonds is 2. The first-order valence-corrected chi connectivity index (χ1v) is 6.41. The summed E-state index contributed by atoms with van der Waals surface area (Å²) in [6, 6.07) is 0. The summed E-state index contributed by atoms with van der Waals surface area (Å²) in [7, 11) is 0. The van der Waals surface area contributed by atoms with Crippen molar-refractivity contribution in [3.05, 3.63) is 23.8 Å². The molecule has 0 aromatic carbocycles. The van der Waals surface area contributed by atoms with Crippen LogP contribution >= 0.6 is 0 Å². The molecule has 2 aliphatic rings. The van der Waals surface area contributed by atoms with E-state index in [4.69, 9.17) is 5.11 Å². The smallest absolute Gasteiger partial charge is 0.304 e. The largest absolute Gasteiger partial charge is 0.481 e. The van der Waals surface area contributed by atoms with E-state index in [1.54, 1.807) is 0 Å². The fraction of sp³-hybridized carbons (Fsp3) is 0.600. The molecule has 0 aromatic heterocycles. The molecule has 3 nitrogen and oxygen atoms in total. The maximum atomic E-state index is 12.4. The quantitative estimate of drug-likeness (QED) is 0.764. The number of hydrogen-bond acceptors (Lipinski definition) is 2. The third-order valence-electron chi connectivity index (χ3n) is 4.67. The second-order valence-electron chi connectivity index (χ2n) is 6.10. The molecule has 2 aliphatic carbocycles. The van der Waals surface area contributed by atoms with Crippen LogP contribution in [0.25, 0.3) is 0 Å². The Bertz CT molecular complexity index is 460. The minimum atomic E-state index is -0.801. The molecule has 0 heterocycles. The van der Waals surface area contributed by atoms with Crippen molar-refractivity contribution in [2.75, 3.05) is 0 Å². The minimum Gasteiger partial charge on any atom is -0.481 e. The van der Waals surface area contributed by atoms with Crippen LogP contribution in [0.3, 0.4) is 0 Å². The Hall–Kier alpha value is -1.38. The molecule has 98 valence electrons. The molecule has 0 saturated carbocycles. The lowest BCUT2D eigenvalue weighted by Crippen LogP contribution is -2.48. The number of Topliss-reactive ketones (excluding diaryl/α,β-unsaturated/α-hetero) is 1. The Kier molecular flexibility index (Phi) is 2.96. The van der Waals surface area contributed by atoms with Crippen molar-refractivity contribution in [1.29, 1.82) is 0 Å². The van der Waals surface area contributed by atoms with E-state index in [2.05, 4.69) is 0 Å². The number of hydrogen-bond donors (Lipinski definition) is 1. The van der Waals surface area contributed by atoms with Crippen LogP contribution in [-0.2, 0) is 9.59 Å². The highest BCUT2D eigenvalue weighted by atomic mass is 16.4. The number of carboxylic acids is 1. The SMILES string of the molecule is CC1=CC[C@H]2C(C)(CC(=O)O)C=CC[C@]2(C)C1=O. The van der Waals surface area contributed by atoms with Crippen LogP contribution in [0.5, 0.6) is 0 Å². The van der Waals surface area contributed by atoms with Crippen molar-refractivity contribution in [2.24, 2.45) is 16.7 Å². The van der Waals surface area contributed by atoms with Crippen LogP contribution in [0, 0.1) is 16.7 Å². The molecule has 0 saturated heterocycles. The van der Waals surface area contributed by atoms with Crippen LogP contribution in [-0.4, -0.2) is 16.9 Å². The third-order valence-corrected chi connectivity index (χ3v) is 4.67. The summed E-state index contributed by atoms with van der Waals surface area (Å²) in [6.07, 6.45) is 7.54. The predicted octanol–water partition coefficient (Wildman–Crippen LogP) is 2.97. The number of fused-ring (bicyclic) bond motifs is 1. The van der Waals surface area contributed by atoms with E-state index >= 15 is 0 Å². The zero-order valence-electron chi connectivity index (χ0n) is 11.2. The molecule has 18 heavy (non-hydrogen) atoms. The molecule has 0 fully saturated rings. The van der Waals surface area contributed by atoms with Gasteiger partial charge in [0.05, 0.1) is 6.42 Å². The number of ketones is 1. The Morgan fingerprint density at radius 3 is 2.78 bits per heavy atom.